The van der Waals surface area contributed by atoms with E-state index >= 15 is 0 Å². The minimum atomic E-state index is -0.460. The highest BCUT2D eigenvalue weighted by molar-refractivity contribution is 5.97. The molecule has 1 rings (SSSR count). The maximum absolute atomic E-state index is 11.8. The molecule has 82 valence electrons. The second-order valence-corrected chi connectivity index (χ2v) is 3.19. The Morgan fingerprint density at radius 2 is 2.31 bits per heavy atom. The Morgan fingerprint density at radius 3 is 2.88 bits per heavy atom. The van der Waals surface area contributed by atoms with Crippen LogP contribution in [0.5, 0.6) is 0 Å². The van der Waals surface area contributed by atoms with Gasteiger partial charge in [-0.25, -0.2) is 0 Å². The zero-order valence-corrected chi connectivity index (χ0v) is 8.81. The SMILES string of the molecule is C#Cc1ccccc1C(=O)N[C@@H](C=C)CO. The van der Waals surface area contributed by atoms with Gasteiger partial charge in [0.05, 0.1) is 18.2 Å². The first kappa shape index (κ1) is 12.0. The number of aliphatic hydroxyl groups is 1. The summed E-state index contributed by atoms with van der Waals surface area (Å²) in [5, 5.41) is 11.5. The van der Waals surface area contributed by atoms with Crippen LogP contribution >= 0.6 is 0 Å². The largest absolute Gasteiger partial charge is 0.394 e. The number of terminal acetylenes is 1. The number of carbonyl (C=O) groups is 1. The zero-order valence-electron chi connectivity index (χ0n) is 8.81. The van der Waals surface area contributed by atoms with Gasteiger partial charge in [-0.05, 0) is 12.1 Å². The van der Waals surface area contributed by atoms with Gasteiger partial charge in [0.1, 0.15) is 0 Å². The van der Waals surface area contributed by atoms with Crippen LogP contribution in [0.3, 0.4) is 0 Å². The average molecular weight is 215 g/mol. The molecule has 0 fully saturated rings. The fourth-order valence-corrected chi connectivity index (χ4v) is 1.23. The Labute approximate surface area is 94.8 Å². The Balaban J connectivity index is 2.89. The van der Waals surface area contributed by atoms with Gasteiger partial charge in [0.15, 0.2) is 0 Å². The van der Waals surface area contributed by atoms with Crippen LogP contribution in [0.4, 0.5) is 0 Å². The van der Waals surface area contributed by atoms with E-state index in [1.807, 2.05) is 0 Å². The van der Waals surface area contributed by atoms with E-state index in [-0.39, 0.29) is 12.5 Å². The van der Waals surface area contributed by atoms with E-state index in [1.165, 1.54) is 6.08 Å². The molecule has 2 N–H and O–H groups in total. The van der Waals surface area contributed by atoms with E-state index in [0.717, 1.165) is 0 Å². The number of hydrogen-bond donors (Lipinski definition) is 2. The Bertz CT molecular complexity index is 432. The van der Waals surface area contributed by atoms with Crippen molar-refractivity contribution in [1.82, 2.24) is 5.32 Å². The van der Waals surface area contributed by atoms with Crippen LogP contribution in [0.2, 0.25) is 0 Å². The van der Waals surface area contributed by atoms with Crippen LogP contribution < -0.4 is 5.32 Å². The molecule has 0 spiro atoms. The van der Waals surface area contributed by atoms with E-state index in [9.17, 15) is 4.79 Å². The van der Waals surface area contributed by atoms with Crippen molar-refractivity contribution in [3.05, 3.63) is 48.0 Å². The summed E-state index contributed by atoms with van der Waals surface area (Å²) < 4.78 is 0. The Kier molecular flexibility index (Phi) is 4.31. The third kappa shape index (κ3) is 2.72. The standard InChI is InChI=1S/C13H13NO2/c1-3-10-7-5-6-8-12(10)13(16)14-11(4-2)9-15/h1,4-8,11,15H,2,9H2,(H,14,16)/t11-/m0/s1. The maximum atomic E-state index is 11.8. The molecule has 3 nitrogen and oxygen atoms in total. The molecule has 3 heteroatoms. The molecule has 0 aliphatic rings. The summed E-state index contributed by atoms with van der Waals surface area (Å²) in [6.45, 7) is 3.32. The third-order valence-electron chi connectivity index (χ3n) is 2.12. The third-order valence-corrected chi connectivity index (χ3v) is 2.12. The summed E-state index contributed by atoms with van der Waals surface area (Å²) in [7, 11) is 0. The fourth-order valence-electron chi connectivity index (χ4n) is 1.23. The molecule has 1 aromatic rings. The molecule has 0 aromatic heterocycles. The topological polar surface area (TPSA) is 49.3 Å². The quantitative estimate of drug-likeness (QED) is 0.580. The molecule has 0 unspecified atom stereocenters. The van der Waals surface area contributed by atoms with Crippen LogP contribution in [0.1, 0.15) is 15.9 Å². The normalized spacial score (nSPS) is 11.2. The van der Waals surface area contributed by atoms with Gasteiger partial charge in [-0.2, -0.15) is 0 Å². The molecule has 0 saturated heterocycles. The first-order valence-electron chi connectivity index (χ1n) is 4.82. The van der Waals surface area contributed by atoms with Crippen molar-refractivity contribution < 1.29 is 9.90 Å². The van der Waals surface area contributed by atoms with Crippen molar-refractivity contribution in [2.24, 2.45) is 0 Å². The molecule has 0 bridgehead atoms. The fraction of sp³-hybridized carbons (Fsp3) is 0.154. The van der Waals surface area contributed by atoms with E-state index in [2.05, 4.69) is 17.8 Å². The first-order chi connectivity index (χ1) is 7.72. The number of hydrogen-bond acceptors (Lipinski definition) is 2. The molecule has 1 atom stereocenters. The number of benzene rings is 1. The van der Waals surface area contributed by atoms with Crippen molar-refractivity contribution in [1.29, 1.82) is 0 Å². The molecule has 0 radical (unpaired) electrons. The summed E-state index contributed by atoms with van der Waals surface area (Å²) in [5.74, 6) is 2.12. The predicted octanol–water partition coefficient (Wildman–Crippen LogP) is 0.945. The lowest BCUT2D eigenvalue weighted by Gasteiger charge is -2.12. The highest BCUT2D eigenvalue weighted by atomic mass is 16.3. The van der Waals surface area contributed by atoms with Gasteiger partial charge in [-0.1, -0.05) is 24.1 Å². The van der Waals surface area contributed by atoms with Gasteiger partial charge in [-0.15, -0.1) is 13.0 Å². The number of rotatable bonds is 4. The second-order valence-electron chi connectivity index (χ2n) is 3.19. The van der Waals surface area contributed by atoms with Gasteiger partial charge in [0, 0.05) is 5.56 Å². The van der Waals surface area contributed by atoms with Crippen LogP contribution in [-0.4, -0.2) is 23.7 Å². The number of aliphatic hydroxyl groups excluding tert-OH is 1. The minimum Gasteiger partial charge on any atom is -0.394 e. The van der Waals surface area contributed by atoms with Gasteiger partial charge in [-0.3, -0.25) is 4.79 Å². The van der Waals surface area contributed by atoms with Crippen LogP contribution in [0.15, 0.2) is 36.9 Å². The van der Waals surface area contributed by atoms with E-state index in [1.54, 1.807) is 24.3 Å². The first-order valence-corrected chi connectivity index (χ1v) is 4.82. The van der Waals surface area contributed by atoms with Crippen molar-refractivity contribution in [2.45, 2.75) is 6.04 Å². The molecule has 0 aliphatic carbocycles. The average Bonchev–Trinajstić information content (AvgIpc) is 2.35. The van der Waals surface area contributed by atoms with Crippen LogP contribution in [-0.2, 0) is 0 Å². The smallest absolute Gasteiger partial charge is 0.253 e. The molecule has 0 saturated carbocycles. The number of nitrogens with one attached hydrogen (secondary N) is 1. The van der Waals surface area contributed by atoms with E-state index in [4.69, 9.17) is 11.5 Å². The van der Waals surface area contributed by atoms with Crippen molar-refractivity contribution in [3.8, 4) is 12.3 Å². The Morgan fingerprint density at radius 1 is 1.62 bits per heavy atom. The molecule has 0 heterocycles. The molecule has 16 heavy (non-hydrogen) atoms. The van der Waals surface area contributed by atoms with Gasteiger partial charge >= 0.3 is 0 Å². The highest BCUT2D eigenvalue weighted by Gasteiger charge is 2.12. The van der Waals surface area contributed by atoms with Crippen LogP contribution in [0.25, 0.3) is 0 Å². The maximum Gasteiger partial charge on any atom is 0.253 e. The number of carbonyl (C=O) groups excluding carboxylic acids is 1. The molecule has 0 aliphatic heterocycles. The molecular formula is C13H13NO2. The van der Waals surface area contributed by atoms with Crippen molar-refractivity contribution in [3.63, 3.8) is 0 Å². The van der Waals surface area contributed by atoms with Crippen molar-refractivity contribution in [2.75, 3.05) is 6.61 Å². The lowest BCUT2D eigenvalue weighted by molar-refractivity contribution is 0.0929. The Hall–Kier alpha value is -2.05. The van der Waals surface area contributed by atoms with E-state index in [0.29, 0.717) is 11.1 Å². The summed E-state index contributed by atoms with van der Waals surface area (Å²) in [4.78, 5) is 11.8. The van der Waals surface area contributed by atoms with Gasteiger partial charge < -0.3 is 10.4 Å². The monoisotopic (exact) mass is 215 g/mol. The highest BCUT2D eigenvalue weighted by Crippen LogP contribution is 2.07. The van der Waals surface area contributed by atoms with Gasteiger partial charge in [0.25, 0.3) is 5.91 Å². The minimum absolute atomic E-state index is 0.187. The summed E-state index contributed by atoms with van der Waals surface area (Å²) >= 11 is 0. The lowest BCUT2D eigenvalue weighted by Crippen LogP contribution is -2.36. The second kappa shape index (κ2) is 5.74. The molecular weight excluding hydrogens is 202 g/mol. The summed E-state index contributed by atoms with van der Waals surface area (Å²) in [6, 6.07) is 6.37. The van der Waals surface area contributed by atoms with Gasteiger partial charge in [0.2, 0.25) is 0 Å². The lowest BCUT2D eigenvalue weighted by atomic mass is 10.1. The summed E-state index contributed by atoms with van der Waals surface area (Å²) in [6.07, 6.45) is 6.75. The van der Waals surface area contributed by atoms with E-state index < -0.39 is 6.04 Å². The van der Waals surface area contributed by atoms with Crippen molar-refractivity contribution >= 4 is 5.91 Å². The summed E-state index contributed by atoms with van der Waals surface area (Å²) in [5.41, 5.74) is 0.950. The molecule has 1 aromatic carbocycles. The predicted molar refractivity (Wildman–Crippen MR) is 62.9 cm³/mol. The zero-order chi connectivity index (χ0) is 12.0. The number of amides is 1. The molecule has 1 amide bonds. The van der Waals surface area contributed by atoms with Crippen LogP contribution in [0, 0.1) is 12.3 Å².